The number of nitrogens with zero attached hydrogens (tertiary/aromatic N) is 1. The molecule has 1 fully saturated rings. The van der Waals surface area contributed by atoms with E-state index < -0.39 is 0 Å². The fraction of sp³-hybridized carbons (Fsp3) is 0.400. The summed E-state index contributed by atoms with van der Waals surface area (Å²) in [6, 6.07) is 11.8. The van der Waals surface area contributed by atoms with Crippen LogP contribution in [0.15, 0.2) is 52.1 Å². The molecule has 1 heterocycles. The molecule has 1 aliphatic carbocycles. The second kappa shape index (κ2) is 11.0. The minimum absolute atomic E-state index is 0. The Labute approximate surface area is 177 Å². The number of anilines is 1. The fourth-order valence-corrected chi connectivity index (χ4v) is 2.84. The van der Waals surface area contributed by atoms with Gasteiger partial charge in [-0.2, -0.15) is 0 Å². The van der Waals surface area contributed by atoms with Crippen LogP contribution in [0.25, 0.3) is 0 Å². The summed E-state index contributed by atoms with van der Waals surface area (Å²) >= 11 is 0. The van der Waals surface area contributed by atoms with Crippen LogP contribution in [0, 0.1) is 5.92 Å². The van der Waals surface area contributed by atoms with Gasteiger partial charge in [0.15, 0.2) is 5.96 Å². The molecule has 0 unspecified atom stereocenters. The standard InChI is InChI=1S/C20H26N4O2.HI/c1-21-20(22-11-10-18-9-4-12-26-18)23-14-15-5-2-8-17(13-15)24-19(25)16-6-3-7-16;/h2,4-5,8-9,12-13,16H,3,6-7,10-11,14H2,1H3,(H,24,25)(H2,21,22,23);1H. The van der Waals surface area contributed by atoms with Crippen LogP contribution in [-0.2, 0) is 17.8 Å². The van der Waals surface area contributed by atoms with Gasteiger partial charge in [0.25, 0.3) is 0 Å². The highest BCUT2D eigenvalue weighted by atomic mass is 127. The quantitative estimate of drug-likeness (QED) is 0.321. The van der Waals surface area contributed by atoms with Crippen molar-refractivity contribution < 1.29 is 9.21 Å². The first-order chi connectivity index (χ1) is 12.7. The lowest BCUT2D eigenvalue weighted by atomic mass is 9.85. The number of carbonyl (C=O) groups is 1. The highest BCUT2D eigenvalue weighted by molar-refractivity contribution is 14.0. The molecule has 3 rings (SSSR count). The van der Waals surface area contributed by atoms with Gasteiger partial charge in [0, 0.05) is 38.2 Å². The number of aliphatic imine (C=N–C) groups is 1. The molecule has 1 amide bonds. The predicted molar refractivity (Wildman–Crippen MR) is 118 cm³/mol. The Morgan fingerprint density at radius 1 is 1.22 bits per heavy atom. The number of rotatable bonds is 7. The zero-order valence-corrected chi connectivity index (χ0v) is 17.9. The predicted octanol–water partition coefficient (Wildman–Crippen LogP) is 3.54. The molecule has 0 spiro atoms. The number of furan rings is 1. The molecular formula is C20H27IN4O2. The number of amides is 1. The van der Waals surface area contributed by atoms with Gasteiger partial charge in [-0.25, -0.2) is 0 Å². The van der Waals surface area contributed by atoms with Crippen molar-refractivity contribution in [1.29, 1.82) is 0 Å². The van der Waals surface area contributed by atoms with E-state index in [0.717, 1.165) is 55.2 Å². The van der Waals surface area contributed by atoms with Gasteiger partial charge in [-0.3, -0.25) is 9.79 Å². The van der Waals surface area contributed by atoms with E-state index in [-0.39, 0.29) is 35.8 Å². The van der Waals surface area contributed by atoms with Crippen LogP contribution < -0.4 is 16.0 Å². The average Bonchev–Trinajstić information content (AvgIpc) is 3.10. The summed E-state index contributed by atoms with van der Waals surface area (Å²) in [7, 11) is 1.75. The van der Waals surface area contributed by atoms with Gasteiger partial charge in [-0.05, 0) is 42.7 Å². The van der Waals surface area contributed by atoms with E-state index in [1.807, 2.05) is 36.4 Å². The lowest BCUT2D eigenvalue weighted by Gasteiger charge is -2.24. The summed E-state index contributed by atoms with van der Waals surface area (Å²) < 4.78 is 5.32. The lowest BCUT2D eigenvalue weighted by Crippen LogP contribution is -2.37. The molecule has 0 saturated heterocycles. The molecular weight excluding hydrogens is 455 g/mol. The Kier molecular flexibility index (Phi) is 8.63. The van der Waals surface area contributed by atoms with E-state index in [4.69, 9.17) is 4.42 Å². The number of guanidine groups is 1. The molecule has 146 valence electrons. The van der Waals surface area contributed by atoms with Crippen molar-refractivity contribution >= 4 is 41.5 Å². The van der Waals surface area contributed by atoms with Gasteiger partial charge >= 0.3 is 0 Å². The van der Waals surface area contributed by atoms with Gasteiger partial charge in [0.1, 0.15) is 5.76 Å². The first-order valence-electron chi connectivity index (χ1n) is 9.11. The molecule has 1 saturated carbocycles. The molecule has 0 aliphatic heterocycles. The Balaban J connectivity index is 0.00000261. The maximum Gasteiger partial charge on any atom is 0.227 e. The minimum Gasteiger partial charge on any atom is -0.469 e. The summed E-state index contributed by atoms with van der Waals surface area (Å²) in [5, 5.41) is 9.56. The van der Waals surface area contributed by atoms with Crippen molar-refractivity contribution in [2.75, 3.05) is 18.9 Å². The molecule has 1 aromatic carbocycles. The first-order valence-corrected chi connectivity index (χ1v) is 9.11. The maximum absolute atomic E-state index is 12.1. The smallest absolute Gasteiger partial charge is 0.227 e. The zero-order valence-electron chi connectivity index (χ0n) is 15.5. The molecule has 3 N–H and O–H groups in total. The van der Waals surface area contributed by atoms with Crippen LogP contribution in [0.4, 0.5) is 5.69 Å². The molecule has 0 radical (unpaired) electrons. The molecule has 2 aromatic rings. The number of nitrogens with one attached hydrogen (secondary N) is 3. The van der Waals surface area contributed by atoms with Crippen LogP contribution in [-0.4, -0.2) is 25.5 Å². The van der Waals surface area contributed by atoms with Crippen molar-refractivity contribution in [1.82, 2.24) is 10.6 Å². The molecule has 6 nitrogen and oxygen atoms in total. The van der Waals surface area contributed by atoms with E-state index in [0.29, 0.717) is 6.54 Å². The van der Waals surface area contributed by atoms with E-state index in [1.165, 1.54) is 0 Å². The third-order valence-corrected chi connectivity index (χ3v) is 4.60. The van der Waals surface area contributed by atoms with Crippen molar-refractivity contribution in [2.24, 2.45) is 10.9 Å². The van der Waals surface area contributed by atoms with Crippen LogP contribution >= 0.6 is 24.0 Å². The topological polar surface area (TPSA) is 78.7 Å². The van der Waals surface area contributed by atoms with Crippen molar-refractivity contribution in [3.05, 3.63) is 54.0 Å². The van der Waals surface area contributed by atoms with E-state index in [9.17, 15) is 4.79 Å². The minimum atomic E-state index is 0. The van der Waals surface area contributed by atoms with Gasteiger partial charge in [0.05, 0.1) is 6.26 Å². The van der Waals surface area contributed by atoms with E-state index >= 15 is 0 Å². The largest absolute Gasteiger partial charge is 0.469 e. The molecule has 1 aromatic heterocycles. The second-order valence-corrected chi connectivity index (χ2v) is 6.50. The normalized spacial score (nSPS) is 14.0. The van der Waals surface area contributed by atoms with Gasteiger partial charge in [-0.1, -0.05) is 18.6 Å². The van der Waals surface area contributed by atoms with Gasteiger partial charge < -0.3 is 20.4 Å². The van der Waals surface area contributed by atoms with E-state index in [1.54, 1.807) is 13.3 Å². The summed E-state index contributed by atoms with van der Waals surface area (Å²) in [5.74, 6) is 2.01. The summed E-state index contributed by atoms with van der Waals surface area (Å²) in [5.41, 5.74) is 1.94. The monoisotopic (exact) mass is 482 g/mol. The van der Waals surface area contributed by atoms with Crippen LogP contribution in [0.5, 0.6) is 0 Å². The van der Waals surface area contributed by atoms with E-state index in [2.05, 4.69) is 20.9 Å². The summed E-state index contributed by atoms with van der Waals surface area (Å²) in [6.07, 6.45) is 5.66. The number of benzene rings is 1. The zero-order chi connectivity index (χ0) is 18.2. The third kappa shape index (κ3) is 6.57. The number of halogens is 1. The van der Waals surface area contributed by atoms with Crippen molar-refractivity contribution in [3.8, 4) is 0 Å². The Morgan fingerprint density at radius 2 is 2.07 bits per heavy atom. The first kappa shape index (κ1) is 21.3. The number of hydrogen-bond donors (Lipinski definition) is 3. The molecule has 27 heavy (non-hydrogen) atoms. The van der Waals surface area contributed by atoms with Gasteiger partial charge in [-0.15, -0.1) is 24.0 Å². The Hall–Kier alpha value is -2.03. The van der Waals surface area contributed by atoms with Crippen LogP contribution in [0.2, 0.25) is 0 Å². The second-order valence-electron chi connectivity index (χ2n) is 6.50. The summed E-state index contributed by atoms with van der Waals surface area (Å²) in [4.78, 5) is 16.3. The SMILES string of the molecule is CN=C(NCCc1ccco1)NCc1cccc(NC(=O)C2CCC2)c1.I. The lowest BCUT2D eigenvalue weighted by molar-refractivity contribution is -0.122. The molecule has 7 heteroatoms. The van der Waals surface area contributed by atoms with Crippen molar-refractivity contribution in [3.63, 3.8) is 0 Å². The average molecular weight is 482 g/mol. The van der Waals surface area contributed by atoms with Gasteiger partial charge in [0.2, 0.25) is 5.91 Å². The highest BCUT2D eigenvalue weighted by Gasteiger charge is 2.25. The van der Waals surface area contributed by atoms with Crippen LogP contribution in [0.1, 0.15) is 30.6 Å². The molecule has 1 aliphatic rings. The highest BCUT2D eigenvalue weighted by Crippen LogP contribution is 2.27. The fourth-order valence-electron chi connectivity index (χ4n) is 2.84. The van der Waals surface area contributed by atoms with Crippen LogP contribution in [0.3, 0.4) is 0 Å². The number of hydrogen-bond acceptors (Lipinski definition) is 3. The summed E-state index contributed by atoms with van der Waals surface area (Å²) in [6.45, 7) is 1.37. The number of carbonyl (C=O) groups excluding carboxylic acids is 1. The molecule has 0 bridgehead atoms. The molecule has 0 atom stereocenters. The third-order valence-electron chi connectivity index (χ3n) is 4.60. The van der Waals surface area contributed by atoms with Crippen molar-refractivity contribution in [2.45, 2.75) is 32.2 Å². The Morgan fingerprint density at radius 3 is 2.74 bits per heavy atom. The Bertz CT molecular complexity index is 742. The maximum atomic E-state index is 12.1.